The second-order valence-corrected chi connectivity index (χ2v) is 8.66. The zero-order valence-corrected chi connectivity index (χ0v) is 19.1. The Morgan fingerprint density at radius 2 is 1.91 bits per heavy atom. The lowest BCUT2D eigenvalue weighted by atomic mass is 9.83. The van der Waals surface area contributed by atoms with Crippen LogP contribution in [0.25, 0.3) is 11.5 Å². The Hall–Kier alpha value is -4.46. The van der Waals surface area contributed by atoms with E-state index in [0.717, 1.165) is 29.7 Å². The molecule has 4 aromatic rings. The molecule has 1 aliphatic rings. The number of carboxylic acids is 1. The molecule has 2 heterocycles. The standard InChI is InChI=1S/C27H24N4O4/c1-16-3-2-4-20(11-16)30-26(32)18-6-5-17-7-8-21(13-19(17)12-18)35-22-9-10-28-23(14-22)25-29-15-24(31-25)27(33)34/h2-4,7-11,13-15,18H,5-6,12H2,1H3,(H,29,31)(H,30,32)(H,33,34). The van der Waals surface area contributed by atoms with Crippen molar-refractivity contribution in [1.82, 2.24) is 15.0 Å². The van der Waals surface area contributed by atoms with E-state index in [-0.39, 0.29) is 17.5 Å². The number of H-pyrrole nitrogens is 1. The van der Waals surface area contributed by atoms with Crippen molar-refractivity contribution in [3.05, 3.63) is 89.4 Å². The minimum Gasteiger partial charge on any atom is -0.477 e. The number of pyridine rings is 1. The van der Waals surface area contributed by atoms with E-state index in [1.807, 2.05) is 49.4 Å². The van der Waals surface area contributed by atoms with E-state index in [1.54, 1.807) is 18.3 Å². The highest BCUT2D eigenvalue weighted by Gasteiger charge is 2.25. The van der Waals surface area contributed by atoms with Gasteiger partial charge in [0.1, 0.15) is 22.9 Å². The zero-order chi connectivity index (χ0) is 24.4. The zero-order valence-electron chi connectivity index (χ0n) is 19.1. The number of aromatic amines is 1. The van der Waals surface area contributed by atoms with E-state index < -0.39 is 5.97 Å². The van der Waals surface area contributed by atoms with E-state index >= 15 is 0 Å². The third-order valence-electron chi connectivity index (χ3n) is 6.08. The number of aromatic nitrogens is 3. The molecule has 1 aliphatic carbocycles. The summed E-state index contributed by atoms with van der Waals surface area (Å²) in [5, 5.41) is 12.1. The first-order chi connectivity index (χ1) is 16.9. The van der Waals surface area contributed by atoms with Crippen LogP contribution < -0.4 is 10.1 Å². The van der Waals surface area contributed by atoms with Crippen LogP contribution in [0.15, 0.2) is 67.0 Å². The lowest BCUT2D eigenvalue weighted by molar-refractivity contribution is -0.120. The Bertz CT molecular complexity index is 1410. The topological polar surface area (TPSA) is 117 Å². The van der Waals surface area contributed by atoms with Crippen molar-refractivity contribution in [1.29, 1.82) is 0 Å². The summed E-state index contributed by atoms with van der Waals surface area (Å²) in [5.41, 5.74) is 4.71. The lowest BCUT2D eigenvalue weighted by Gasteiger charge is -2.24. The van der Waals surface area contributed by atoms with Crippen molar-refractivity contribution in [2.45, 2.75) is 26.2 Å². The number of hydrogen-bond acceptors (Lipinski definition) is 5. The molecule has 0 aliphatic heterocycles. The number of carbonyl (C=O) groups is 2. The largest absolute Gasteiger partial charge is 0.477 e. The number of rotatable bonds is 6. The highest BCUT2D eigenvalue weighted by molar-refractivity contribution is 5.93. The number of anilines is 1. The summed E-state index contributed by atoms with van der Waals surface area (Å²) < 4.78 is 6.07. The van der Waals surface area contributed by atoms with Gasteiger partial charge in [0.15, 0.2) is 5.82 Å². The summed E-state index contributed by atoms with van der Waals surface area (Å²) in [6.45, 7) is 2.00. The van der Waals surface area contributed by atoms with Crippen LogP contribution >= 0.6 is 0 Å². The van der Waals surface area contributed by atoms with E-state index in [2.05, 4.69) is 20.3 Å². The second kappa shape index (κ2) is 9.42. The van der Waals surface area contributed by atoms with Gasteiger partial charge in [-0.05, 0) is 73.2 Å². The molecule has 1 atom stereocenters. The normalized spacial score (nSPS) is 14.7. The van der Waals surface area contributed by atoms with Gasteiger partial charge in [0.05, 0.1) is 6.20 Å². The number of nitrogens with one attached hydrogen (secondary N) is 2. The molecule has 5 rings (SSSR count). The number of aryl methyl sites for hydroxylation is 2. The predicted octanol–water partition coefficient (Wildman–Crippen LogP) is 5.01. The fourth-order valence-corrected chi connectivity index (χ4v) is 4.29. The fourth-order valence-electron chi connectivity index (χ4n) is 4.29. The highest BCUT2D eigenvalue weighted by atomic mass is 16.5. The van der Waals surface area contributed by atoms with Crippen molar-refractivity contribution in [2.24, 2.45) is 5.92 Å². The van der Waals surface area contributed by atoms with Crippen LogP contribution in [-0.2, 0) is 17.6 Å². The van der Waals surface area contributed by atoms with Gasteiger partial charge in [0, 0.05) is 23.9 Å². The maximum Gasteiger partial charge on any atom is 0.353 e. The van der Waals surface area contributed by atoms with Crippen LogP contribution in [0.4, 0.5) is 5.69 Å². The number of imidazole rings is 1. The van der Waals surface area contributed by atoms with Crippen LogP contribution in [-0.4, -0.2) is 31.9 Å². The van der Waals surface area contributed by atoms with Gasteiger partial charge < -0.3 is 20.1 Å². The summed E-state index contributed by atoms with van der Waals surface area (Å²) in [4.78, 5) is 35.0. The third-order valence-corrected chi connectivity index (χ3v) is 6.08. The molecule has 0 saturated heterocycles. The first kappa shape index (κ1) is 22.3. The van der Waals surface area contributed by atoms with Crippen LogP contribution in [0.2, 0.25) is 0 Å². The summed E-state index contributed by atoms with van der Waals surface area (Å²) in [5.74, 6) is 0.398. The Morgan fingerprint density at radius 3 is 2.71 bits per heavy atom. The highest BCUT2D eigenvalue weighted by Crippen LogP contribution is 2.32. The average molecular weight is 469 g/mol. The molecule has 0 fully saturated rings. The van der Waals surface area contributed by atoms with Crippen molar-refractivity contribution in [3.63, 3.8) is 0 Å². The average Bonchev–Trinajstić information content (AvgIpc) is 3.35. The smallest absolute Gasteiger partial charge is 0.353 e. The first-order valence-corrected chi connectivity index (χ1v) is 11.4. The van der Waals surface area contributed by atoms with Crippen LogP contribution in [0, 0.1) is 12.8 Å². The maximum absolute atomic E-state index is 12.9. The number of aromatic carboxylic acids is 1. The van der Waals surface area contributed by atoms with Gasteiger partial charge in [0.2, 0.25) is 5.91 Å². The number of carbonyl (C=O) groups excluding carboxylic acids is 1. The van der Waals surface area contributed by atoms with Crippen molar-refractivity contribution in [3.8, 4) is 23.0 Å². The number of fused-ring (bicyclic) bond motifs is 1. The van der Waals surface area contributed by atoms with Crippen LogP contribution in [0.5, 0.6) is 11.5 Å². The summed E-state index contributed by atoms with van der Waals surface area (Å²) in [6, 6.07) is 17.2. The molecule has 8 heteroatoms. The van der Waals surface area contributed by atoms with Gasteiger partial charge in [-0.3, -0.25) is 9.78 Å². The Morgan fingerprint density at radius 1 is 1.06 bits per heavy atom. The summed E-state index contributed by atoms with van der Waals surface area (Å²) in [6.07, 6.45) is 5.13. The molecule has 1 unspecified atom stereocenters. The Labute approximate surface area is 202 Å². The molecule has 0 radical (unpaired) electrons. The molecule has 35 heavy (non-hydrogen) atoms. The van der Waals surface area contributed by atoms with E-state index in [0.29, 0.717) is 29.4 Å². The van der Waals surface area contributed by atoms with Crippen molar-refractivity contribution < 1.29 is 19.4 Å². The number of carboxylic acid groups (broad SMARTS) is 1. The molecule has 0 spiro atoms. The molecule has 2 aromatic heterocycles. The predicted molar refractivity (Wildman–Crippen MR) is 131 cm³/mol. The van der Waals surface area contributed by atoms with Gasteiger partial charge in [-0.1, -0.05) is 18.2 Å². The molecule has 0 bridgehead atoms. The quantitative estimate of drug-likeness (QED) is 0.366. The molecule has 8 nitrogen and oxygen atoms in total. The lowest BCUT2D eigenvalue weighted by Crippen LogP contribution is -2.28. The molecular weight excluding hydrogens is 444 g/mol. The van der Waals surface area contributed by atoms with Crippen LogP contribution in [0.1, 0.15) is 33.6 Å². The number of hydrogen-bond donors (Lipinski definition) is 3. The molecule has 1 amide bonds. The number of nitrogens with zero attached hydrogens (tertiary/aromatic N) is 2. The summed E-state index contributed by atoms with van der Waals surface area (Å²) in [7, 11) is 0. The van der Waals surface area contributed by atoms with Gasteiger partial charge in [0.25, 0.3) is 0 Å². The SMILES string of the molecule is Cc1cccc(NC(=O)C2CCc3ccc(Oc4ccnc(-c5ncc(C(=O)O)[nH]5)c4)cc3C2)c1. The van der Waals surface area contributed by atoms with E-state index in [9.17, 15) is 9.59 Å². The maximum atomic E-state index is 12.9. The Kier molecular flexibility index (Phi) is 6.01. The Balaban J connectivity index is 1.29. The number of ether oxygens (including phenoxy) is 1. The third kappa shape index (κ3) is 5.06. The van der Waals surface area contributed by atoms with E-state index in [4.69, 9.17) is 9.84 Å². The fraction of sp³-hybridized carbons (Fsp3) is 0.185. The van der Waals surface area contributed by atoms with Gasteiger partial charge in [-0.2, -0.15) is 0 Å². The minimum atomic E-state index is -1.09. The van der Waals surface area contributed by atoms with Crippen molar-refractivity contribution in [2.75, 3.05) is 5.32 Å². The minimum absolute atomic E-state index is 0.0104. The van der Waals surface area contributed by atoms with Crippen LogP contribution in [0.3, 0.4) is 0 Å². The molecule has 0 saturated carbocycles. The molecule has 176 valence electrons. The molecular formula is C27H24N4O4. The van der Waals surface area contributed by atoms with Gasteiger partial charge in [-0.15, -0.1) is 0 Å². The number of benzene rings is 2. The molecule has 2 aromatic carbocycles. The second-order valence-electron chi connectivity index (χ2n) is 8.66. The monoisotopic (exact) mass is 468 g/mol. The first-order valence-electron chi connectivity index (χ1n) is 11.4. The summed E-state index contributed by atoms with van der Waals surface area (Å²) >= 11 is 0. The van der Waals surface area contributed by atoms with Gasteiger partial charge >= 0.3 is 5.97 Å². The van der Waals surface area contributed by atoms with Crippen molar-refractivity contribution >= 4 is 17.6 Å². The molecule has 3 N–H and O–H groups in total. The van der Waals surface area contributed by atoms with E-state index in [1.165, 1.54) is 11.8 Å². The van der Waals surface area contributed by atoms with Gasteiger partial charge in [-0.25, -0.2) is 9.78 Å². The number of amides is 1.